The molecular weight excluding hydrogens is 281 g/mol. The lowest BCUT2D eigenvalue weighted by Gasteiger charge is -2.10. The van der Waals surface area contributed by atoms with Gasteiger partial charge in [-0.1, -0.05) is 47.6 Å². The van der Waals surface area contributed by atoms with Crippen molar-refractivity contribution in [2.45, 2.75) is 25.7 Å². The third-order valence-corrected chi connectivity index (χ3v) is 3.40. The van der Waals surface area contributed by atoms with Crippen molar-refractivity contribution in [1.82, 2.24) is 4.98 Å². The quantitative estimate of drug-likeness (QED) is 0.591. The molecule has 1 heterocycles. The third kappa shape index (κ3) is 4.88. The molecule has 1 aromatic rings. The van der Waals surface area contributed by atoms with E-state index in [0.717, 1.165) is 38.8 Å². The number of nitrogens with one attached hydrogen (secondary N) is 1. The van der Waals surface area contributed by atoms with Gasteiger partial charge >= 0.3 is 0 Å². The lowest BCUT2D eigenvalue weighted by atomic mass is 10.2. The summed E-state index contributed by atoms with van der Waals surface area (Å²) in [4.78, 5) is 3.86. The molecule has 0 radical (unpaired) electrons. The minimum atomic E-state index is 0.265. The highest BCUT2D eigenvalue weighted by atomic mass is 35.5. The average molecular weight is 297 g/mol. The molecule has 0 amide bonds. The highest BCUT2D eigenvalue weighted by molar-refractivity contribution is 6.45. The van der Waals surface area contributed by atoms with Crippen molar-refractivity contribution in [1.29, 1.82) is 0 Å². The van der Waals surface area contributed by atoms with Crippen LogP contribution >= 0.6 is 34.8 Å². The van der Waals surface area contributed by atoms with Crippen LogP contribution in [0, 0.1) is 0 Å². The van der Waals surface area contributed by atoms with Crippen LogP contribution < -0.4 is 11.1 Å². The van der Waals surface area contributed by atoms with Crippen LogP contribution in [0.15, 0.2) is 6.20 Å². The summed E-state index contributed by atoms with van der Waals surface area (Å²) in [6, 6.07) is 0. The average Bonchev–Trinajstić information content (AvgIpc) is 2.32. The van der Waals surface area contributed by atoms with Crippen molar-refractivity contribution in [3.63, 3.8) is 0 Å². The Bertz CT molecular complexity index is 358. The Morgan fingerprint density at radius 1 is 1.12 bits per heavy atom. The summed E-state index contributed by atoms with van der Waals surface area (Å²) >= 11 is 17.8. The van der Waals surface area contributed by atoms with Crippen LogP contribution in [0.25, 0.3) is 0 Å². The largest absolute Gasteiger partial charge is 0.382 e. The van der Waals surface area contributed by atoms with Gasteiger partial charge in [0.15, 0.2) is 0 Å². The first-order valence-corrected chi connectivity index (χ1v) is 6.73. The molecule has 3 nitrogen and oxygen atoms in total. The second kappa shape index (κ2) is 7.98. The van der Waals surface area contributed by atoms with Gasteiger partial charge in [0, 0.05) is 12.7 Å². The Morgan fingerprint density at radius 2 is 1.82 bits per heavy atom. The fourth-order valence-corrected chi connectivity index (χ4v) is 2.06. The van der Waals surface area contributed by atoms with Crippen molar-refractivity contribution in [2.24, 2.45) is 5.73 Å². The predicted molar refractivity (Wildman–Crippen MR) is 75.3 cm³/mol. The van der Waals surface area contributed by atoms with Crippen LogP contribution in [-0.4, -0.2) is 18.1 Å². The molecule has 0 atom stereocenters. The fraction of sp³-hybridized carbons (Fsp3) is 0.545. The number of aromatic nitrogens is 1. The predicted octanol–water partition coefficient (Wildman–Crippen LogP) is 3.97. The molecule has 0 bridgehead atoms. The minimum absolute atomic E-state index is 0.265. The monoisotopic (exact) mass is 295 g/mol. The molecule has 0 saturated heterocycles. The van der Waals surface area contributed by atoms with E-state index in [0.29, 0.717) is 15.7 Å². The first-order chi connectivity index (χ1) is 8.16. The summed E-state index contributed by atoms with van der Waals surface area (Å²) in [5.41, 5.74) is 6.08. The molecule has 96 valence electrons. The lowest BCUT2D eigenvalue weighted by Crippen LogP contribution is -2.04. The van der Waals surface area contributed by atoms with Crippen molar-refractivity contribution < 1.29 is 0 Å². The van der Waals surface area contributed by atoms with Crippen LogP contribution in [-0.2, 0) is 0 Å². The van der Waals surface area contributed by atoms with Crippen LogP contribution in [0.4, 0.5) is 5.69 Å². The molecule has 1 rings (SSSR count). The van der Waals surface area contributed by atoms with Gasteiger partial charge in [0.2, 0.25) is 0 Å². The SMILES string of the molecule is NCCCCCCNc1c(Cl)cnc(Cl)c1Cl. The maximum atomic E-state index is 6.00. The molecule has 0 fully saturated rings. The van der Waals surface area contributed by atoms with E-state index in [1.165, 1.54) is 6.20 Å². The van der Waals surface area contributed by atoms with E-state index in [9.17, 15) is 0 Å². The minimum Gasteiger partial charge on any atom is -0.382 e. The smallest absolute Gasteiger partial charge is 0.149 e. The zero-order valence-corrected chi connectivity index (χ0v) is 11.7. The highest BCUT2D eigenvalue weighted by Gasteiger charge is 2.09. The zero-order chi connectivity index (χ0) is 12.7. The molecule has 0 saturated carbocycles. The summed E-state index contributed by atoms with van der Waals surface area (Å²) in [7, 11) is 0. The van der Waals surface area contributed by atoms with Gasteiger partial charge in [-0.2, -0.15) is 0 Å². The van der Waals surface area contributed by atoms with Gasteiger partial charge in [0.05, 0.1) is 10.7 Å². The molecular formula is C11H16Cl3N3. The van der Waals surface area contributed by atoms with E-state index in [4.69, 9.17) is 40.5 Å². The van der Waals surface area contributed by atoms with E-state index in [1.54, 1.807) is 0 Å². The normalized spacial score (nSPS) is 10.6. The molecule has 0 aliphatic heterocycles. The Labute approximate surface area is 117 Å². The summed E-state index contributed by atoms with van der Waals surface area (Å²) < 4.78 is 0. The number of nitrogens with zero attached hydrogens (tertiary/aromatic N) is 1. The zero-order valence-electron chi connectivity index (χ0n) is 9.48. The van der Waals surface area contributed by atoms with Crippen molar-refractivity contribution in [3.05, 3.63) is 21.4 Å². The Kier molecular flexibility index (Phi) is 6.97. The maximum absolute atomic E-state index is 6.00. The van der Waals surface area contributed by atoms with E-state index < -0.39 is 0 Å². The van der Waals surface area contributed by atoms with Gasteiger partial charge in [0.25, 0.3) is 0 Å². The Morgan fingerprint density at radius 3 is 2.53 bits per heavy atom. The number of rotatable bonds is 7. The highest BCUT2D eigenvalue weighted by Crippen LogP contribution is 2.33. The molecule has 0 spiro atoms. The number of nitrogens with two attached hydrogens (primary N) is 1. The molecule has 6 heteroatoms. The van der Waals surface area contributed by atoms with Gasteiger partial charge in [-0.3, -0.25) is 0 Å². The number of anilines is 1. The van der Waals surface area contributed by atoms with Crippen LogP contribution in [0.3, 0.4) is 0 Å². The topological polar surface area (TPSA) is 50.9 Å². The Hall–Kier alpha value is -0.220. The number of pyridine rings is 1. The molecule has 3 N–H and O–H groups in total. The van der Waals surface area contributed by atoms with E-state index >= 15 is 0 Å². The van der Waals surface area contributed by atoms with Crippen molar-refractivity contribution in [3.8, 4) is 0 Å². The van der Waals surface area contributed by atoms with Crippen LogP contribution in [0.5, 0.6) is 0 Å². The fourth-order valence-electron chi connectivity index (χ4n) is 1.44. The van der Waals surface area contributed by atoms with Gasteiger partial charge in [-0.05, 0) is 19.4 Å². The molecule has 0 aliphatic rings. The summed E-state index contributed by atoms with van der Waals surface area (Å²) in [5.74, 6) is 0. The maximum Gasteiger partial charge on any atom is 0.149 e. The van der Waals surface area contributed by atoms with Gasteiger partial charge in [0.1, 0.15) is 10.2 Å². The third-order valence-electron chi connectivity index (χ3n) is 2.36. The second-order valence-electron chi connectivity index (χ2n) is 3.72. The van der Waals surface area contributed by atoms with Gasteiger partial charge in [-0.15, -0.1) is 0 Å². The van der Waals surface area contributed by atoms with Gasteiger partial charge < -0.3 is 11.1 Å². The molecule has 0 aliphatic carbocycles. The number of halogens is 3. The molecule has 0 aromatic carbocycles. The summed E-state index contributed by atoms with van der Waals surface area (Å²) in [6.07, 6.45) is 5.90. The molecule has 0 unspecified atom stereocenters. The molecule has 17 heavy (non-hydrogen) atoms. The summed E-state index contributed by atoms with van der Waals surface area (Å²) in [6.45, 7) is 1.56. The number of hydrogen-bond donors (Lipinski definition) is 2. The first-order valence-electron chi connectivity index (χ1n) is 5.60. The van der Waals surface area contributed by atoms with Crippen molar-refractivity contribution >= 4 is 40.5 Å². The van der Waals surface area contributed by atoms with E-state index in [1.807, 2.05) is 0 Å². The Balaban J connectivity index is 2.39. The van der Waals surface area contributed by atoms with E-state index in [2.05, 4.69) is 10.3 Å². The van der Waals surface area contributed by atoms with E-state index in [-0.39, 0.29) is 5.15 Å². The molecule has 1 aromatic heterocycles. The van der Waals surface area contributed by atoms with Crippen LogP contribution in [0.2, 0.25) is 15.2 Å². The van der Waals surface area contributed by atoms with Crippen molar-refractivity contribution in [2.75, 3.05) is 18.4 Å². The standard InChI is InChI=1S/C11H16Cl3N3/c12-8-7-17-11(14)9(13)10(8)16-6-4-2-1-3-5-15/h7H,1-6,15H2,(H,16,17). The number of hydrogen-bond acceptors (Lipinski definition) is 3. The second-order valence-corrected chi connectivity index (χ2v) is 4.86. The van der Waals surface area contributed by atoms with Gasteiger partial charge in [-0.25, -0.2) is 4.98 Å². The summed E-state index contributed by atoms with van der Waals surface area (Å²) in [5, 5.41) is 4.31. The number of unbranched alkanes of at least 4 members (excludes halogenated alkanes) is 3. The first kappa shape index (κ1) is 14.8. The lowest BCUT2D eigenvalue weighted by molar-refractivity contribution is 0.661. The van der Waals surface area contributed by atoms with Crippen LogP contribution in [0.1, 0.15) is 25.7 Å².